The second-order valence-corrected chi connectivity index (χ2v) is 4.76. The topological polar surface area (TPSA) is 32.3 Å². The van der Waals surface area contributed by atoms with Crippen molar-refractivity contribution in [1.29, 1.82) is 0 Å². The second kappa shape index (κ2) is 4.07. The number of piperidine rings is 2. The number of halogens is 1. The lowest BCUT2D eigenvalue weighted by atomic mass is 9.77. The summed E-state index contributed by atoms with van der Waals surface area (Å²) in [7, 11) is 2.15. The van der Waals surface area contributed by atoms with Crippen molar-refractivity contribution in [3.05, 3.63) is 0 Å². The highest BCUT2D eigenvalue weighted by Gasteiger charge is 2.39. The predicted molar refractivity (Wildman–Crippen MR) is 56.4 cm³/mol. The number of hydrogen-bond donors (Lipinski definition) is 1. The van der Waals surface area contributed by atoms with Gasteiger partial charge in [0.05, 0.1) is 0 Å². The molecule has 14 heavy (non-hydrogen) atoms. The molecule has 3 aliphatic rings. The van der Waals surface area contributed by atoms with Crippen LogP contribution >= 0.6 is 11.6 Å². The highest BCUT2D eigenvalue weighted by atomic mass is 35.5. The molecule has 0 radical (unpaired) electrons. The molecular formula is C10H17ClN2O. The highest BCUT2D eigenvalue weighted by molar-refractivity contribution is 6.27. The molecule has 80 valence electrons. The fourth-order valence-corrected chi connectivity index (χ4v) is 2.96. The third-order valence-corrected chi connectivity index (χ3v) is 3.75. The lowest BCUT2D eigenvalue weighted by Gasteiger charge is -2.48. The van der Waals surface area contributed by atoms with Crippen LogP contribution in [0.25, 0.3) is 0 Å². The first-order valence-corrected chi connectivity index (χ1v) is 5.79. The Morgan fingerprint density at radius 2 is 2.36 bits per heavy atom. The van der Waals surface area contributed by atoms with E-state index in [1.807, 2.05) is 0 Å². The molecule has 1 N–H and O–H groups in total. The largest absolute Gasteiger partial charge is 0.351 e. The highest BCUT2D eigenvalue weighted by Crippen LogP contribution is 2.34. The van der Waals surface area contributed by atoms with Crippen molar-refractivity contribution in [3.8, 4) is 0 Å². The molecule has 2 heterocycles. The van der Waals surface area contributed by atoms with Crippen LogP contribution in [0.3, 0.4) is 0 Å². The molecule has 3 unspecified atom stereocenters. The first-order valence-electron chi connectivity index (χ1n) is 5.26. The smallest absolute Gasteiger partial charge is 0.235 e. The number of carbonyl (C=O) groups is 1. The van der Waals surface area contributed by atoms with Crippen molar-refractivity contribution < 1.29 is 4.79 Å². The summed E-state index contributed by atoms with van der Waals surface area (Å²) < 4.78 is 0. The Morgan fingerprint density at radius 3 is 2.93 bits per heavy atom. The van der Waals surface area contributed by atoms with E-state index in [9.17, 15) is 4.79 Å². The van der Waals surface area contributed by atoms with E-state index in [1.54, 1.807) is 0 Å². The van der Waals surface area contributed by atoms with Gasteiger partial charge in [0.25, 0.3) is 0 Å². The summed E-state index contributed by atoms with van der Waals surface area (Å²) in [6.45, 7) is 1.19. The van der Waals surface area contributed by atoms with Crippen molar-refractivity contribution >= 4 is 17.5 Å². The standard InChI is InChI=1S/C10H17ClN2O/c1-13-6-7-2-3-9(13)8(4-7)12-10(14)5-11/h7-9H,2-6H2,1H3,(H,12,14). The van der Waals surface area contributed by atoms with Gasteiger partial charge in [0.2, 0.25) is 5.91 Å². The van der Waals surface area contributed by atoms with Gasteiger partial charge in [-0.15, -0.1) is 11.6 Å². The minimum atomic E-state index is -0.0300. The van der Waals surface area contributed by atoms with Gasteiger partial charge in [-0.3, -0.25) is 4.79 Å². The Balaban J connectivity index is 1.96. The lowest BCUT2D eigenvalue weighted by Crippen LogP contribution is -2.59. The Kier molecular flexibility index (Phi) is 2.98. The minimum absolute atomic E-state index is 0.0300. The summed E-state index contributed by atoms with van der Waals surface area (Å²) in [5.74, 6) is 0.820. The summed E-state index contributed by atoms with van der Waals surface area (Å²) in [5.41, 5.74) is 0. The van der Waals surface area contributed by atoms with Gasteiger partial charge in [0, 0.05) is 18.6 Å². The van der Waals surface area contributed by atoms with Gasteiger partial charge in [0.1, 0.15) is 5.88 Å². The van der Waals surface area contributed by atoms with Crippen molar-refractivity contribution in [2.45, 2.75) is 31.3 Å². The Labute approximate surface area is 89.8 Å². The molecule has 0 aromatic carbocycles. The fraction of sp³-hybridized carbons (Fsp3) is 0.900. The van der Waals surface area contributed by atoms with Crippen LogP contribution in [0.5, 0.6) is 0 Å². The molecule has 3 rings (SSSR count). The van der Waals surface area contributed by atoms with Crippen LogP contribution < -0.4 is 5.32 Å². The van der Waals surface area contributed by atoms with Crippen molar-refractivity contribution in [2.24, 2.45) is 5.92 Å². The molecule has 0 aromatic rings. The predicted octanol–water partition coefficient (Wildman–Crippen LogP) is 0.824. The van der Waals surface area contributed by atoms with Crippen LogP contribution in [0.15, 0.2) is 0 Å². The van der Waals surface area contributed by atoms with E-state index < -0.39 is 0 Å². The Hall–Kier alpha value is -0.280. The first-order chi connectivity index (χ1) is 6.70. The van der Waals surface area contributed by atoms with Gasteiger partial charge in [-0.25, -0.2) is 0 Å². The molecule has 1 aliphatic carbocycles. The van der Waals surface area contributed by atoms with E-state index in [-0.39, 0.29) is 11.8 Å². The summed E-state index contributed by atoms with van der Waals surface area (Å²) >= 11 is 5.48. The average Bonchev–Trinajstić information content (AvgIpc) is 2.18. The molecular weight excluding hydrogens is 200 g/mol. The van der Waals surface area contributed by atoms with Crippen molar-refractivity contribution in [3.63, 3.8) is 0 Å². The maximum Gasteiger partial charge on any atom is 0.235 e. The molecule has 2 bridgehead atoms. The molecule has 2 saturated heterocycles. The maximum absolute atomic E-state index is 11.2. The molecule has 4 heteroatoms. The third kappa shape index (κ3) is 1.89. The quantitative estimate of drug-likeness (QED) is 0.694. The number of carbonyl (C=O) groups excluding carboxylic acids is 1. The molecule has 3 fully saturated rings. The lowest BCUT2D eigenvalue weighted by molar-refractivity contribution is -0.120. The fourth-order valence-electron chi connectivity index (χ4n) is 2.88. The average molecular weight is 217 g/mol. The molecule has 1 saturated carbocycles. The van der Waals surface area contributed by atoms with E-state index in [4.69, 9.17) is 11.6 Å². The molecule has 2 aliphatic heterocycles. The summed E-state index contributed by atoms with van der Waals surface area (Å²) in [6.07, 6.45) is 3.67. The van der Waals surface area contributed by atoms with Crippen LogP contribution in [-0.4, -0.2) is 42.4 Å². The van der Waals surface area contributed by atoms with E-state index in [1.165, 1.54) is 19.4 Å². The zero-order valence-corrected chi connectivity index (χ0v) is 9.26. The minimum Gasteiger partial charge on any atom is -0.351 e. The number of nitrogens with zero attached hydrogens (tertiary/aromatic N) is 1. The maximum atomic E-state index is 11.2. The Morgan fingerprint density at radius 1 is 1.57 bits per heavy atom. The number of amides is 1. The van der Waals surface area contributed by atoms with Gasteiger partial charge in [-0.05, 0) is 32.2 Å². The van der Waals surface area contributed by atoms with Crippen molar-refractivity contribution in [1.82, 2.24) is 10.2 Å². The molecule has 3 atom stereocenters. The van der Waals surface area contributed by atoms with Crippen LogP contribution in [0.1, 0.15) is 19.3 Å². The number of fused-ring (bicyclic) bond motifs is 3. The number of likely N-dealkylation sites (N-methyl/N-ethyl adjacent to an activating group) is 1. The zero-order valence-electron chi connectivity index (χ0n) is 8.50. The monoisotopic (exact) mass is 216 g/mol. The van der Waals surface area contributed by atoms with Gasteiger partial charge < -0.3 is 10.2 Å². The zero-order chi connectivity index (χ0) is 10.1. The summed E-state index contributed by atoms with van der Waals surface area (Å²) in [6, 6.07) is 0.867. The molecule has 0 spiro atoms. The summed E-state index contributed by atoms with van der Waals surface area (Å²) in [4.78, 5) is 13.6. The van der Waals surface area contributed by atoms with E-state index in [0.717, 1.165) is 12.3 Å². The van der Waals surface area contributed by atoms with E-state index in [2.05, 4.69) is 17.3 Å². The molecule has 1 amide bonds. The summed E-state index contributed by atoms with van der Waals surface area (Å²) in [5, 5.41) is 3.02. The van der Waals surface area contributed by atoms with E-state index in [0.29, 0.717) is 12.1 Å². The van der Waals surface area contributed by atoms with Crippen molar-refractivity contribution in [2.75, 3.05) is 19.5 Å². The molecule has 3 nitrogen and oxygen atoms in total. The Bertz CT molecular complexity index is 234. The SMILES string of the molecule is CN1CC2CCC1C(NC(=O)CCl)C2. The number of nitrogens with one attached hydrogen (secondary N) is 1. The molecule has 0 aromatic heterocycles. The van der Waals surface area contributed by atoms with Gasteiger partial charge in [0.15, 0.2) is 0 Å². The number of alkyl halides is 1. The first kappa shape index (κ1) is 10.2. The number of rotatable bonds is 2. The van der Waals surface area contributed by atoms with Gasteiger partial charge >= 0.3 is 0 Å². The second-order valence-electron chi connectivity index (χ2n) is 4.49. The van der Waals surface area contributed by atoms with Crippen LogP contribution in [0.4, 0.5) is 0 Å². The number of hydrogen-bond acceptors (Lipinski definition) is 2. The van der Waals surface area contributed by atoms with Crippen LogP contribution in [0, 0.1) is 5.92 Å². The van der Waals surface area contributed by atoms with Crippen LogP contribution in [0.2, 0.25) is 0 Å². The van der Waals surface area contributed by atoms with Gasteiger partial charge in [-0.2, -0.15) is 0 Å². The van der Waals surface area contributed by atoms with E-state index >= 15 is 0 Å². The van der Waals surface area contributed by atoms with Gasteiger partial charge in [-0.1, -0.05) is 0 Å². The normalized spacial score (nSPS) is 37.1. The van der Waals surface area contributed by atoms with Crippen LogP contribution in [-0.2, 0) is 4.79 Å². The third-order valence-electron chi connectivity index (χ3n) is 3.50.